The SMILES string of the molecule is CCCn1c(C2NCCOc3nc(=O)[nH]c(N)c32)c(C(C)C(OCF)(OCF)OCF)c2ccccc21. The summed E-state index contributed by atoms with van der Waals surface area (Å²) in [6.45, 7) is 0.468. The van der Waals surface area contributed by atoms with E-state index in [0.717, 1.165) is 11.9 Å². The maximum Gasteiger partial charge on any atom is 0.349 e. The number of alkyl halides is 3. The van der Waals surface area contributed by atoms with E-state index in [4.69, 9.17) is 24.7 Å². The monoisotopic (exact) mass is 525 g/mol. The molecule has 0 radical (unpaired) electrons. The van der Waals surface area contributed by atoms with Crippen molar-refractivity contribution >= 4 is 16.7 Å². The molecule has 13 heteroatoms. The number of rotatable bonds is 11. The van der Waals surface area contributed by atoms with Gasteiger partial charge in [0.1, 0.15) is 12.4 Å². The number of hydrogen-bond acceptors (Lipinski definition) is 8. The van der Waals surface area contributed by atoms with E-state index < -0.39 is 44.2 Å². The number of nitrogen functional groups attached to an aromatic ring is 1. The molecule has 2 unspecified atom stereocenters. The summed E-state index contributed by atoms with van der Waals surface area (Å²) < 4.78 is 63.6. The van der Waals surface area contributed by atoms with E-state index >= 15 is 0 Å². The zero-order valence-corrected chi connectivity index (χ0v) is 20.6. The van der Waals surface area contributed by atoms with E-state index in [2.05, 4.69) is 15.3 Å². The molecule has 4 N–H and O–H groups in total. The maximum absolute atomic E-state index is 13.5. The molecule has 0 saturated heterocycles. The average Bonchev–Trinajstić information content (AvgIpc) is 3.03. The highest BCUT2D eigenvalue weighted by Crippen LogP contribution is 2.45. The Balaban J connectivity index is 2.06. The Morgan fingerprint density at radius 1 is 1.22 bits per heavy atom. The van der Waals surface area contributed by atoms with E-state index in [-0.39, 0.29) is 18.3 Å². The summed E-state index contributed by atoms with van der Waals surface area (Å²) >= 11 is 0. The lowest BCUT2D eigenvalue weighted by atomic mass is 9.90. The summed E-state index contributed by atoms with van der Waals surface area (Å²) in [5.74, 6) is -3.34. The molecule has 0 spiro atoms. The third kappa shape index (κ3) is 4.91. The fraction of sp³-hybridized carbons (Fsp3) is 0.500. The van der Waals surface area contributed by atoms with Crippen LogP contribution in [0.5, 0.6) is 5.88 Å². The standard InChI is InChI=1S/C24H30F3N5O5/c1-3-9-32-16-7-5-4-6-15(16)17(14(2)24(35-11-25,36-12-26)37-13-27)20(32)19-18-21(28)30-23(33)31-22(18)34-10-8-29-19/h4-7,14,19,29H,3,8-13H2,1-2H3,(H3,28,30,31,33). The summed E-state index contributed by atoms with van der Waals surface area (Å²) in [6, 6.07) is 6.73. The number of para-hydroxylation sites is 1. The number of aromatic amines is 1. The molecule has 0 bridgehead atoms. The van der Waals surface area contributed by atoms with Crippen molar-refractivity contribution in [3.05, 3.63) is 51.6 Å². The fourth-order valence-electron chi connectivity index (χ4n) is 5.04. The van der Waals surface area contributed by atoms with Crippen molar-refractivity contribution in [3.63, 3.8) is 0 Å². The number of H-pyrrole nitrogens is 1. The third-order valence-electron chi connectivity index (χ3n) is 6.45. The third-order valence-corrected chi connectivity index (χ3v) is 6.45. The van der Waals surface area contributed by atoms with Crippen molar-refractivity contribution in [3.8, 4) is 5.88 Å². The highest BCUT2D eigenvalue weighted by Gasteiger charge is 2.46. The van der Waals surface area contributed by atoms with Crippen LogP contribution in [0.4, 0.5) is 19.0 Å². The molecular weight excluding hydrogens is 495 g/mol. The normalized spacial score (nSPS) is 16.8. The van der Waals surface area contributed by atoms with Gasteiger partial charge in [0, 0.05) is 29.7 Å². The predicted octanol–water partition coefficient (Wildman–Crippen LogP) is 3.38. The Morgan fingerprint density at radius 2 is 1.89 bits per heavy atom. The van der Waals surface area contributed by atoms with Crippen LogP contribution in [-0.4, -0.2) is 54.2 Å². The van der Waals surface area contributed by atoms with Gasteiger partial charge in [-0.25, -0.2) is 18.0 Å². The Hall–Kier alpha value is -3.13. The van der Waals surface area contributed by atoms with Crippen LogP contribution in [0, 0.1) is 0 Å². The van der Waals surface area contributed by atoms with Gasteiger partial charge in [0.05, 0.1) is 17.5 Å². The molecule has 1 aliphatic heterocycles. The first kappa shape index (κ1) is 26.9. The van der Waals surface area contributed by atoms with Crippen LogP contribution < -0.4 is 21.5 Å². The molecule has 0 aliphatic carbocycles. The summed E-state index contributed by atoms with van der Waals surface area (Å²) in [5, 5.41) is 4.09. The molecule has 1 aliphatic rings. The van der Waals surface area contributed by atoms with Crippen LogP contribution in [0.1, 0.15) is 49.0 Å². The Morgan fingerprint density at radius 3 is 2.54 bits per heavy atom. The predicted molar refractivity (Wildman–Crippen MR) is 129 cm³/mol. The second kappa shape index (κ2) is 11.5. The Kier molecular flexibility index (Phi) is 8.37. The van der Waals surface area contributed by atoms with E-state index in [1.165, 1.54) is 0 Å². The highest BCUT2D eigenvalue weighted by molar-refractivity contribution is 5.87. The van der Waals surface area contributed by atoms with Gasteiger partial charge in [0.2, 0.25) is 5.88 Å². The first-order chi connectivity index (χ1) is 17.9. The fourth-order valence-corrected chi connectivity index (χ4v) is 5.04. The van der Waals surface area contributed by atoms with Crippen molar-refractivity contribution in [1.82, 2.24) is 19.9 Å². The second-order valence-electron chi connectivity index (χ2n) is 8.46. The summed E-state index contributed by atoms with van der Waals surface area (Å²) in [7, 11) is 0. The van der Waals surface area contributed by atoms with Gasteiger partial charge in [-0.05, 0) is 18.1 Å². The number of aryl methyl sites for hydroxylation is 1. The van der Waals surface area contributed by atoms with Gasteiger partial charge < -0.3 is 20.4 Å². The van der Waals surface area contributed by atoms with Gasteiger partial charge in [-0.3, -0.25) is 19.2 Å². The van der Waals surface area contributed by atoms with Gasteiger partial charge in [-0.1, -0.05) is 32.0 Å². The van der Waals surface area contributed by atoms with Gasteiger partial charge >= 0.3 is 5.69 Å². The van der Waals surface area contributed by atoms with Crippen LogP contribution in [0.15, 0.2) is 29.1 Å². The minimum Gasteiger partial charge on any atom is -0.476 e. The number of halogens is 3. The molecule has 3 heterocycles. The number of ether oxygens (including phenoxy) is 4. The number of hydrogen-bond donors (Lipinski definition) is 3. The maximum atomic E-state index is 13.5. The average molecular weight is 526 g/mol. The van der Waals surface area contributed by atoms with Gasteiger partial charge in [-0.15, -0.1) is 0 Å². The van der Waals surface area contributed by atoms with Crippen LogP contribution >= 0.6 is 0 Å². The quantitative estimate of drug-likeness (QED) is 0.326. The van der Waals surface area contributed by atoms with Gasteiger partial charge in [0.15, 0.2) is 20.6 Å². The molecule has 1 aromatic carbocycles. The first-order valence-corrected chi connectivity index (χ1v) is 11.9. The van der Waals surface area contributed by atoms with E-state index in [0.29, 0.717) is 35.3 Å². The van der Waals surface area contributed by atoms with Crippen molar-refractivity contribution in [2.24, 2.45) is 0 Å². The summed E-state index contributed by atoms with van der Waals surface area (Å²) in [4.78, 5) is 18.5. The first-order valence-electron chi connectivity index (χ1n) is 11.9. The molecule has 2 aromatic heterocycles. The van der Waals surface area contributed by atoms with Crippen molar-refractivity contribution in [2.45, 2.75) is 44.7 Å². The number of nitrogens with two attached hydrogens (primary N) is 1. The minimum atomic E-state index is -2.41. The molecule has 3 aromatic rings. The number of anilines is 1. The molecule has 202 valence electrons. The largest absolute Gasteiger partial charge is 0.476 e. The highest BCUT2D eigenvalue weighted by atomic mass is 19.1. The topological polar surface area (TPSA) is 126 Å². The van der Waals surface area contributed by atoms with E-state index in [9.17, 15) is 18.0 Å². The van der Waals surface area contributed by atoms with Crippen molar-refractivity contribution < 1.29 is 32.1 Å². The van der Waals surface area contributed by atoms with Crippen LogP contribution in [0.3, 0.4) is 0 Å². The van der Waals surface area contributed by atoms with Gasteiger partial charge in [-0.2, -0.15) is 4.98 Å². The number of nitrogens with zero attached hydrogens (tertiary/aromatic N) is 2. The van der Waals surface area contributed by atoms with Crippen molar-refractivity contribution in [2.75, 3.05) is 39.5 Å². The lowest BCUT2D eigenvalue weighted by molar-refractivity contribution is -0.413. The summed E-state index contributed by atoms with van der Waals surface area (Å²) in [5.41, 5.74) is 7.94. The Labute approximate surface area is 210 Å². The summed E-state index contributed by atoms with van der Waals surface area (Å²) in [6.07, 6.45) is 0.739. The Bertz CT molecular complexity index is 1270. The number of fused-ring (bicyclic) bond motifs is 2. The molecule has 0 saturated carbocycles. The second-order valence-corrected chi connectivity index (χ2v) is 8.46. The van der Waals surface area contributed by atoms with E-state index in [1.54, 1.807) is 6.92 Å². The zero-order valence-electron chi connectivity index (χ0n) is 20.6. The zero-order chi connectivity index (χ0) is 26.6. The number of nitrogens with one attached hydrogen (secondary N) is 2. The van der Waals surface area contributed by atoms with Crippen LogP contribution in [0.2, 0.25) is 0 Å². The molecular formula is C24H30F3N5O5. The number of benzene rings is 1. The molecule has 37 heavy (non-hydrogen) atoms. The molecule has 4 rings (SSSR count). The smallest absolute Gasteiger partial charge is 0.349 e. The number of aromatic nitrogens is 3. The molecule has 0 fully saturated rings. The lowest BCUT2D eigenvalue weighted by Gasteiger charge is -2.36. The molecule has 0 amide bonds. The van der Waals surface area contributed by atoms with Gasteiger partial charge in [0.25, 0.3) is 5.97 Å². The molecule has 10 nitrogen and oxygen atoms in total. The van der Waals surface area contributed by atoms with E-state index in [1.807, 2.05) is 35.8 Å². The van der Waals surface area contributed by atoms with Crippen LogP contribution in [-0.2, 0) is 20.8 Å². The van der Waals surface area contributed by atoms with Crippen molar-refractivity contribution in [1.29, 1.82) is 0 Å². The van der Waals surface area contributed by atoms with Crippen LogP contribution in [0.25, 0.3) is 10.9 Å². The lowest BCUT2D eigenvalue weighted by Crippen LogP contribution is -2.44. The molecule has 2 atom stereocenters. The minimum absolute atomic E-state index is 0.0487.